The molecule has 0 bridgehead atoms. The van der Waals surface area contributed by atoms with Crippen LogP contribution < -0.4 is 26.4 Å². The van der Waals surface area contributed by atoms with Crippen molar-refractivity contribution in [2.24, 2.45) is 0 Å². The predicted octanol–water partition coefficient (Wildman–Crippen LogP) is 11.1. The summed E-state index contributed by atoms with van der Waals surface area (Å²) in [6.07, 6.45) is 2.35. The molecule has 51 heavy (non-hydrogen) atoms. The van der Waals surface area contributed by atoms with Crippen LogP contribution in [0.4, 0.5) is 34.1 Å². The van der Waals surface area contributed by atoms with Crippen LogP contribution in [-0.2, 0) is 16.2 Å². The third kappa shape index (κ3) is 4.64. The highest BCUT2D eigenvalue weighted by molar-refractivity contribution is 7.00. The van der Waals surface area contributed by atoms with Gasteiger partial charge >= 0.3 is 0 Å². The number of hydrogen-bond donors (Lipinski definition) is 0. The van der Waals surface area contributed by atoms with E-state index in [2.05, 4.69) is 170 Å². The number of aryl methyl sites for hydroxylation is 3. The highest BCUT2D eigenvalue weighted by atomic mass is 16.3. The van der Waals surface area contributed by atoms with E-state index < -0.39 is 0 Å². The Morgan fingerprint density at radius 3 is 1.92 bits per heavy atom. The zero-order valence-corrected chi connectivity index (χ0v) is 32.0. The van der Waals surface area contributed by atoms with Crippen molar-refractivity contribution in [2.45, 2.75) is 98.3 Å². The van der Waals surface area contributed by atoms with Crippen molar-refractivity contribution in [3.8, 4) is 0 Å². The second-order valence-electron chi connectivity index (χ2n) is 17.9. The van der Waals surface area contributed by atoms with Gasteiger partial charge in [0.25, 0.3) is 6.71 Å². The van der Waals surface area contributed by atoms with Crippen molar-refractivity contribution >= 4 is 68.4 Å². The molecule has 0 saturated heterocycles. The van der Waals surface area contributed by atoms with Crippen molar-refractivity contribution in [1.82, 2.24) is 0 Å². The lowest BCUT2D eigenvalue weighted by Gasteiger charge is -2.47. The van der Waals surface area contributed by atoms with Gasteiger partial charge in [-0.15, -0.1) is 0 Å². The summed E-state index contributed by atoms with van der Waals surface area (Å²) in [6, 6.07) is 34.5. The summed E-state index contributed by atoms with van der Waals surface area (Å²) in [5.41, 5.74) is 20.2. The zero-order valence-electron chi connectivity index (χ0n) is 32.0. The monoisotopic (exact) mass is 668 g/mol. The van der Waals surface area contributed by atoms with E-state index in [9.17, 15) is 0 Å². The largest absolute Gasteiger partial charge is 0.468 e. The number of anilines is 6. The fourth-order valence-corrected chi connectivity index (χ4v) is 9.39. The highest BCUT2D eigenvalue weighted by Gasteiger charge is 2.49. The first-order valence-electron chi connectivity index (χ1n) is 18.8. The number of benzene rings is 5. The van der Waals surface area contributed by atoms with E-state index in [0.717, 1.165) is 16.9 Å². The fourth-order valence-electron chi connectivity index (χ4n) is 9.39. The molecule has 0 spiro atoms. The van der Waals surface area contributed by atoms with Crippen molar-refractivity contribution in [3.63, 3.8) is 0 Å². The third-order valence-electron chi connectivity index (χ3n) is 12.3. The number of furan rings is 1. The first-order valence-corrected chi connectivity index (χ1v) is 18.8. The predicted molar refractivity (Wildman–Crippen MR) is 218 cm³/mol. The average Bonchev–Trinajstić information content (AvgIpc) is 3.45. The Bertz CT molecular complexity index is 2390. The van der Waals surface area contributed by atoms with E-state index in [1.807, 2.05) is 0 Å². The summed E-state index contributed by atoms with van der Waals surface area (Å²) in [4.78, 5) is 5.10. The molecule has 1 aliphatic carbocycles. The van der Waals surface area contributed by atoms with E-state index in [1.54, 1.807) is 0 Å². The summed E-state index contributed by atoms with van der Waals surface area (Å²) < 4.78 is 7.21. The molecule has 0 saturated carbocycles. The molecule has 256 valence electrons. The second kappa shape index (κ2) is 10.7. The van der Waals surface area contributed by atoms with Crippen LogP contribution in [0.3, 0.4) is 0 Å². The van der Waals surface area contributed by atoms with Crippen LogP contribution in [0.5, 0.6) is 0 Å². The van der Waals surface area contributed by atoms with E-state index in [4.69, 9.17) is 4.42 Å². The molecular weight excluding hydrogens is 619 g/mol. The van der Waals surface area contributed by atoms with Crippen molar-refractivity contribution in [2.75, 3.05) is 9.80 Å². The minimum Gasteiger partial charge on any atom is -0.468 e. The van der Waals surface area contributed by atoms with Gasteiger partial charge in [-0.05, 0) is 137 Å². The van der Waals surface area contributed by atoms with Crippen LogP contribution in [0.25, 0.3) is 11.0 Å². The molecule has 0 unspecified atom stereocenters. The van der Waals surface area contributed by atoms with Crippen LogP contribution in [0, 0.1) is 20.8 Å². The van der Waals surface area contributed by atoms with Crippen LogP contribution in [0.2, 0.25) is 0 Å². The number of para-hydroxylation sites is 2. The minimum absolute atomic E-state index is 0.00699. The molecule has 3 heterocycles. The molecule has 6 aromatic rings. The molecule has 4 heteroatoms. The van der Waals surface area contributed by atoms with Crippen molar-refractivity contribution < 1.29 is 4.42 Å². The summed E-state index contributed by atoms with van der Waals surface area (Å²) >= 11 is 0. The Morgan fingerprint density at radius 1 is 0.647 bits per heavy atom. The lowest BCUT2D eigenvalue weighted by atomic mass is 9.35. The Kier molecular flexibility index (Phi) is 6.74. The van der Waals surface area contributed by atoms with Gasteiger partial charge in [-0.25, -0.2) is 0 Å². The van der Waals surface area contributed by atoms with E-state index in [0.29, 0.717) is 0 Å². The Morgan fingerprint density at radius 2 is 1.27 bits per heavy atom. The van der Waals surface area contributed by atoms with Gasteiger partial charge in [0.15, 0.2) is 0 Å². The standard InChI is InChI=1S/C47H49BN2O/c1-28-23-38-41-39(24-28)50(42-29(2)15-14-16-30(42)3)37-27-35-34(46(7,8)21-22-47(35,9)10)26-36(37)48(41)44-43(49(38)32-17-12-11-13-18-32)33-25-31(45(4,5)6)19-20-40(33)51-44/h11-20,23-27H,21-22H2,1-10H3. The normalized spacial score (nSPS) is 16.9. The Labute approximate surface area is 304 Å². The van der Waals surface area contributed by atoms with Gasteiger partial charge in [0, 0.05) is 28.1 Å². The fraction of sp³-hybridized carbons (Fsp3) is 0.319. The maximum atomic E-state index is 7.21. The second-order valence-corrected chi connectivity index (χ2v) is 17.9. The first-order chi connectivity index (χ1) is 24.2. The molecule has 2 aliphatic heterocycles. The summed E-state index contributed by atoms with van der Waals surface area (Å²) in [5.74, 6) is 0. The van der Waals surface area contributed by atoms with Crippen LogP contribution in [0.15, 0.2) is 95.4 Å². The van der Waals surface area contributed by atoms with Gasteiger partial charge in [-0.2, -0.15) is 0 Å². The summed E-state index contributed by atoms with van der Waals surface area (Å²) in [7, 11) is 0. The van der Waals surface area contributed by atoms with Gasteiger partial charge in [0.05, 0.1) is 17.0 Å². The smallest absolute Gasteiger partial charge is 0.297 e. The first kappa shape index (κ1) is 32.2. The number of nitrogens with zero attached hydrogens (tertiary/aromatic N) is 2. The molecule has 9 rings (SSSR count). The third-order valence-corrected chi connectivity index (χ3v) is 12.3. The maximum Gasteiger partial charge on any atom is 0.297 e. The van der Waals surface area contributed by atoms with Gasteiger partial charge in [-0.1, -0.05) is 97.0 Å². The van der Waals surface area contributed by atoms with E-state index in [-0.39, 0.29) is 23.0 Å². The molecule has 0 radical (unpaired) electrons. The lowest BCUT2D eigenvalue weighted by molar-refractivity contribution is 0.332. The molecule has 0 fully saturated rings. The van der Waals surface area contributed by atoms with Gasteiger partial charge in [0.1, 0.15) is 5.58 Å². The summed E-state index contributed by atoms with van der Waals surface area (Å²) in [5, 5.41) is 1.17. The van der Waals surface area contributed by atoms with Gasteiger partial charge in [-0.3, -0.25) is 0 Å². The quantitative estimate of drug-likeness (QED) is 0.171. The zero-order chi connectivity index (χ0) is 35.8. The molecule has 0 atom stereocenters. The van der Waals surface area contributed by atoms with Gasteiger partial charge in [0.2, 0.25) is 0 Å². The highest BCUT2D eigenvalue weighted by Crippen LogP contribution is 2.52. The topological polar surface area (TPSA) is 19.6 Å². The number of rotatable bonds is 2. The molecule has 1 aromatic heterocycles. The van der Waals surface area contributed by atoms with Gasteiger partial charge < -0.3 is 14.2 Å². The van der Waals surface area contributed by atoms with Crippen LogP contribution in [0.1, 0.15) is 94.7 Å². The Hall–Kier alpha value is -4.70. The minimum atomic E-state index is -0.0576. The lowest BCUT2D eigenvalue weighted by Crippen LogP contribution is -2.61. The van der Waals surface area contributed by atoms with E-state index in [1.165, 1.54) is 91.0 Å². The van der Waals surface area contributed by atoms with Crippen LogP contribution >= 0.6 is 0 Å². The van der Waals surface area contributed by atoms with E-state index >= 15 is 0 Å². The number of fused-ring (bicyclic) bond motifs is 7. The molecule has 3 aliphatic rings. The van der Waals surface area contributed by atoms with Crippen LogP contribution in [-0.4, -0.2) is 6.71 Å². The molecular formula is C47H49BN2O. The molecule has 0 amide bonds. The van der Waals surface area contributed by atoms with Crippen molar-refractivity contribution in [1.29, 1.82) is 0 Å². The average molecular weight is 669 g/mol. The maximum absolute atomic E-state index is 7.21. The molecule has 3 nitrogen and oxygen atoms in total. The van der Waals surface area contributed by atoms with Crippen molar-refractivity contribution in [3.05, 3.63) is 124 Å². The molecule has 5 aromatic carbocycles. The Balaban J connectivity index is 1.46. The summed E-state index contributed by atoms with van der Waals surface area (Å²) in [6.45, 7) is 23.4. The SMILES string of the molecule is Cc1cc2c3c(c1)N(c1ccccc1)c1c(oc4ccc(C(C)(C)C)cc14)B3c1cc3c(cc1N2c1c(C)cccc1C)C(C)(C)CCC3(C)C. The molecule has 0 N–H and O–H groups in total. The number of hydrogen-bond acceptors (Lipinski definition) is 3.